The van der Waals surface area contributed by atoms with Crippen LogP contribution in [-0.2, 0) is 21.3 Å². The molecule has 0 bridgehead atoms. The van der Waals surface area contributed by atoms with Crippen molar-refractivity contribution in [2.24, 2.45) is 5.92 Å². The average Bonchev–Trinajstić information content (AvgIpc) is 3.29. The van der Waals surface area contributed by atoms with Gasteiger partial charge in [-0.15, -0.1) is 0 Å². The van der Waals surface area contributed by atoms with Gasteiger partial charge in [-0.3, -0.25) is 0 Å². The van der Waals surface area contributed by atoms with Gasteiger partial charge in [-0.1, -0.05) is 6.07 Å². The molecule has 9 heteroatoms. The molecule has 0 spiro atoms. The molecule has 1 atom stereocenters. The zero-order valence-electron chi connectivity index (χ0n) is 20.2. The molecule has 1 unspecified atom stereocenters. The van der Waals surface area contributed by atoms with Crippen LogP contribution in [0, 0.1) is 11.7 Å². The fourth-order valence-corrected chi connectivity index (χ4v) is 5.77. The van der Waals surface area contributed by atoms with E-state index in [0.29, 0.717) is 42.7 Å². The highest BCUT2D eigenvalue weighted by Crippen LogP contribution is 2.32. The highest BCUT2D eigenvalue weighted by Gasteiger charge is 2.25. The van der Waals surface area contributed by atoms with Crippen molar-refractivity contribution >= 4 is 10.0 Å². The number of nitrogens with one attached hydrogen (secondary N) is 1. The van der Waals surface area contributed by atoms with E-state index in [1.54, 1.807) is 37.4 Å². The van der Waals surface area contributed by atoms with E-state index in [1.807, 2.05) is 6.92 Å². The molecule has 3 aromatic rings. The van der Waals surface area contributed by atoms with Crippen LogP contribution in [0.25, 0.3) is 11.3 Å². The Balaban J connectivity index is 1.68. The van der Waals surface area contributed by atoms with E-state index in [0.717, 1.165) is 16.8 Å². The number of aromatic nitrogens is 1. The SMILES string of the molecule is CNCc1cc(-c2ccc(OC(C)C3CCOCC3)cc2F)n(S(=O)(=O)c2cccc(OC)c2)c1. The monoisotopic (exact) mass is 502 g/mol. The second kappa shape index (κ2) is 10.8. The Morgan fingerprint density at radius 3 is 2.60 bits per heavy atom. The number of hydrogen-bond acceptors (Lipinski definition) is 6. The summed E-state index contributed by atoms with van der Waals surface area (Å²) in [5, 5.41) is 3.01. The summed E-state index contributed by atoms with van der Waals surface area (Å²) < 4.78 is 60.2. The summed E-state index contributed by atoms with van der Waals surface area (Å²) in [6, 6.07) is 12.5. The maximum absolute atomic E-state index is 15.4. The molecule has 0 saturated carbocycles. The van der Waals surface area contributed by atoms with Gasteiger partial charge in [0.05, 0.1) is 23.8 Å². The summed E-state index contributed by atoms with van der Waals surface area (Å²) in [6.07, 6.45) is 3.25. The van der Waals surface area contributed by atoms with Gasteiger partial charge in [-0.25, -0.2) is 16.8 Å². The van der Waals surface area contributed by atoms with Crippen molar-refractivity contribution in [3.05, 3.63) is 66.1 Å². The molecule has 188 valence electrons. The molecule has 0 amide bonds. The normalized spacial score (nSPS) is 15.7. The van der Waals surface area contributed by atoms with Crippen molar-refractivity contribution in [3.63, 3.8) is 0 Å². The molecular formula is C26H31FN2O5S. The molecule has 1 fully saturated rings. The Morgan fingerprint density at radius 2 is 1.91 bits per heavy atom. The van der Waals surface area contributed by atoms with Gasteiger partial charge in [0.15, 0.2) is 0 Å². The Kier molecular flexibility index (Phi) is 7.78. The van der Waals surface area contributed by atoms with Gasteiger partial charge in [0.1, 0.15) is 17.3 Å². The van der Waals surface area contributed by atoms with Crippen LogP contribution in [0.2, 0.25) is 0 Å². The number of nitrogens with zero attached hydrogens (tertiary/aromatic N) is 1. The largest absolute Gasteiger partial charge is 0.497 e. The summed E-state index contributed by atoms with van der Waals surface area (Å²) in [5.74, 6) is 0.620. The maximum Gasteiger partial charge on any atom is 0.268 e. The molecule has 2 heterocycles. The van der Waals surface area contributed by atoms with E-state index in [2.05, 4.69) is 5.32 Å². The molecule has 35 heavy (non-hydrogen) atoms. The Morgan fingerprint density at radius 1 is 1.14 bits per heavy atom. The van der Waals surface area contributed by atoms with E-state index < -0.39 is 15.8 Å². The van der Waals surface area contributed by atoms with Crippen molar-refractivity contribution in [3.8, 4) is 22.8 Å². The van der Waals surface area contributed by atoms with Crippen LogP contribution in [0.4, 0.5) is 4.39 Å². The van der Waals surface area contributed by atoms with Gasteiger partial charge in [0.2, 0.25) is 0 Å². The fourth-order valence-electron chi connectivity index (χ4n) is 4.34. The zero-order valence-corrected chi connectivity index (χ0v) is 21.0. The molecule has 4 rings (SSSR count). The lowest BCUT2D eigenvalue weighted by molar-refractivity contribution is 0.0238. The molecular weight excluding hydrogens is 471 g/mol. The molecule has 2 aromatic carbocycles. The van der Waals surface area contributed by atoms with E-state index in [4.69, 9.17) is 14.2 Å². The lowest BCUT2D eigenvalue weighted by Crippen LogP contribution is -2.29. The third kappa shape index (κ3) is 5.52. The molecule has 1 aliphatic rings. The van der Waals surface area contributed by atoms with Gasteiger partial charge in [0, 0.05) is 43.7 Å². The quantitative estimate of drug-likeness (QED) is 0.466. The van der Waals surface area contributed by atoms with Gasteiger partial charge in [0.25, 0.3) is 10.0 Å². The lowest BCUT2D eigenvalue weighted by Gasteiger charge is -2.28. The first-order chi connectivity index (χ1) is 16.8. The van der Waals surface area contributed by atoms with Crippen LogP contribution < -0.4 is 14.8 Å². The summed E-state index contributed by atoms with van der Waals surface area (Å²) in [7, 11) is -0.773. The van der Waals surface area contributed by atoms with Gasteiger partial charge in [-0.2, -0.15) is 0 Å². The fraction of sp³-hybridized carbons (Fsp3) is 0.385. The lowest BCUT2D eigenvalue weighted by atomic mass is 9.95. The Hall–Kier alpha value is -2.88. The van der Waals surface area contributed by atoms with Crippen LogP contribution in [0.3, 0.4) is 0 Å². The minimum absolute atomic E-state index is 0.0513. The number of rotatable bonds is 9. The molecule has 7 nitrogen and oxygen atoms in total. The number of ether oxygens (including phenoxy) is 3. The van der Waals surface area contributed by atoms with Crippen LogP contribution >= 0.6 is 0 Å². The van der Waals surface area contributed by atoms with Crippen LogP contribution in [-0.4, -0.2) is 45.9 Å². The first-order valence-corrected chi connectivity index (χ1v) is 13.1. The van der Waals surface area contributed by atoms with Crippen molar-refractivity contribution in [1.82, 2.24) is 9.29 Å². The summed E-state index contributed by atoms with van der Waals surface area (Å²) in [6.45, 7) is 3.83. The number of halogens is 1. The van der Waals surface area contributed by atoms with Crippen molar-refractivity contribution in [2.45, 2.75) is 37.3 Å². The maximum atomic E-state index is 15.4. The molecule has 1 aromatic heterocycles. The van der Waals surface area contributed by atoms with Gasteiger partial charge in [-0.05, 0) is 68.6 Å². The Labute approximate surface area is 205 Å². The summed E-state index contributed by atoms with van der Waals surface area (Å²) in [4.78, 5) is 0.0513. The molecule has 0 aliphatic carbocycles. The topological polar surface area (TPSA) is 78.8 Å². The van der Waals surface area contributed by atoms with Gasteiger partial charge >= 0.3 is 0 Å². The first kappa shape index (κ1) is 25.2. The van der Waals surface area contributed by atoms with E-state index >= 15 is 4.39 Å². The highest BCUT2D eigenvalue weighted by molar-refractivity contribution is 7.90. The van der Waals surface area contributed by atoms with Crippen LogP contribution in [0.15, 0.2) is 59.6 Å². The summed E-state index contributed by atoms with van der Waals surface area (Å²) >= 11 is 0. The minimum atomic E-state index is -4.01. The van der Waals surface area contributed by atoms with Crippen LogP contribution in [0.5, 0.6) is 11.5 Å². The smallest absolute Gasteiger partial charge is 0.268 e. The predicted octanol–water partition coefficient (Wildman–Crippen LogP) is 4.45. The van der Waals surface area contributed by atoms with Crippen LogP contribution in [0.1, 0.15) is 25.3 Å². The third-order valence-electron chi connectivity index (χ3n) is 6.29. The number of methoxy groups -OCH3 is 1. The minimum Gasteiger partial charge on any atom is -0.497 e. The Bertz CT molecular complexity index is 1270. The second-order valence-corrected chi connectivity index (χ2v) is 10.5. The van der Waals surface area contributed by atoms with E-state index in [9.17, 15) is 8.42 Å². The predicted molar refractivity (Wildman–Crippen MR) is 132 cm³/mol. The first-order valence-electron chi connectivity index (χ1n) is 11.6. The summed E-state index contributed by atoms with van der Waals surface area (Å²) in [5.41, 5.74) is 1.12. The highest BCUT2D eigenvalue weighted by atomic mass is 32.2. The molecule has 1 N–H and O–H groups in total. The van der Waals surface area contributed by atoms with E-state index in [-0.39, 0.29) is 22.3 Å². The van der Waals surface area contributed by atoms with Crippen molar-refractivity contribution in [1.29, 1.82) is 0 Å². The number of benzene rings is 2. The van der Waals surface area contributed by atoms with E-state index in [1.165, 1.54) is 31.5 Å². The molecule has 1 saturated heterocycles. The second-order valence-electron chi connectivity index (χ2n) is 8.66. The van der Waals surface area contributed by atoms with Crippen molar-refractivity contribution in [2.75, 3.05) is 27.4 Å². The standard InChI is InChI=1S/C26H31FN2O5S/c1-18(20-9-11-33-12-10-20)34-22-7-8-24(25(27)15-22)26-13-19(16-28-2)17-29(26)35(30,31)23-6-4-5-21(14-23)32-3/h4-8,13-15,17-18,20,28H,9-12,16H2,1-3H3. The molecule has 1 aliphatic heterocycles. The zero-order chi connectivity index (χ0) is 25.0. The van der Waals surface area contributed by atoms with Crippen molar-refractivity contribution < 1.29 is 27.0 Å². The number of hydrogen-bond donors (Lipinski definition) is 1. The third-order valence-corrected chi connectivity index (χ3v) is 7.96. The average molecular weight is 503 g/mol. The van der Waals surface area contributed by atoms with Gasteiger partial charge < -0.3 is 19.5 Å². The molecule has 0 radical (unpaired) electrons.